The van der Waals surface area contributed by atoms with Gasteiger partial charge in [-0.2, -0.15) is 0 Å². The second kappa shape index (κ2) is 14.4. The summed E-state index contributed by atoms with van der Waals surface area (Å²) in [4.78, 5) is 23.6. The zero-order chi connectivity index (χ0) is 30.1. The zero-order valence-electron chi connectivity index (χ0n) is 23.8. The molecule has 0 aromatic heterocycles. The minimum Gasteiger partial charge on any atom is -0.489 e. The SMILES string of the molecule is CCC(CC)ON(OC(=O)NC(Cc1ccc(OCc2ccccc2)cc1)C(C)O)S(=O)(=O)c1ccc2c(c1)OCO2. The molecule has 4 rings (SSSR count). The van der Waals surface area contributed by atoms with Gasteiger partial charge in [0.1, 0.15) is 17.0 Å². The maximum absolute atomic E-state index is 13.5. The number of nitrogens with one attached hydrogen (secondary N) is 1. The van der Waals surface area contributed by atoms with Gasteiger partial charge in [0.05, 0.1) is 23.1 Å². The van der Waals surface area contributed by atoms with Gasteiger partial charge in [-0.05, 0) is 61.6 Å². The molecule has 226 valence electrons. The molecule has 0 bridgehead atoms. The second-order valence-corrected chi connectivity index (χ2v) is 11.5. The number of rotatable bonds is 14. The minimum atomic E-state index is -4.46. The molecular weight excluding hydrogens is 564 g/mol. The summed E-state index contributed by atoms with van der Waals surface area (Å²) in [5.74, 6) is 1.32. The van der Waals surface area contributed by atoms with Gasteiger partial charge in [-0.15, -0.1) is 0 Å². The first-order valence-corrected chi connectivity index (χ1v) is 15.2. The van der Waals surface area contributed by atoms with E-state index in [1.807, 2.05) is 56.3 Å². The average Bonchev–Trinajstić information content (AvgIpc) is 3.47. The Bertz CT molecular complexity index is 1410. The molecule has 0 aliphatic carbocycles. The third kappa shape index (κ3) is 8.13. The van der Waals surface area contributed by atoms with Crippen LogP contribution in [0.3, 0.4) is 0 Å². The standard InChI is InChI=1S/C30H36N2O9S/c1-4-24(5-2)40-32(42(35,36)26-15-16-28-29(18-26)39-20-38-28)41-30(34)31-27(21(3)33)17-22-11-13-25(14-12-22)37-19-23-9-7-6-8-10-23/h6-16,18,21,24,27,33H,4-5,17,19-20H2,1-3H3,(H,31,34). The van der Waals surface area contributed by atoms with E-state index < -0.39 is 34.4 Å². The van der Waals surface area contributed by atoms with Crippen LogP contribution in [0.15, 0.2) is 77.7 Å². The van der Waals surface area contributed by atoms with Gasteiger partial charge < -0.3 is 29.5 Å². The molecule has 2 N–H and O–H groups in total. The van der Waals surface area contributed by atoms with E-state index in [1.165, 1.54) is 25.1 Å². The molecule has 3 aromatic rings. The summed E-state index contributed by atoms with van der Waals surface area (Å²) >= 11 is 0. The van der Waals surface area contributed by atoms with Crippen LogP contribution in [0.1, 0.15) is 44.7 Å². The molecule has 11 nitrogen and oxygen atoms in total. The summed E-state index contributed by atoms with van der Waals surface area (Å²) in [5, 5.41) is 12.9. The molecule has 1 amide bonds. The van der Waals surface area contributed by atoms with Crippen LogP contribution >= 0.6 is 0 Å². The van der Waals surface area contributed by atoms with Crippen molar-refractivity contribution in [1.82, 2.24) is 9.95 Å². The van der Waals surface area contributed by atoms with Crippen molar-refractivity contribution in [3.63, 3.8) is 0 Å². The number of aliphatic hydroxyl groups is 1. The highest BCUT2D eigenvalue weighted by atomic mass is 32.2. The van der Waals surface area contributed by atoms with Crippen molar-refractivity contribution in [3.8, 4) is 17.2 Å². The molecule has 2 atom stereocenters. The van der Waals surface area contributed by atoms with Crippen LogP contribution in [0.25, 0.3) is 0 Å². The molecule has 2 unspecified atom stereocenters. The number of hydrogen-bond donors (Lipinski definition) is 2. The monoisotopic (exact) mass is 600 g/mol. The number of carbonyl (C=O) groups excluding carboxylic acids is 1. The fourth-order valence-electron chi connectivity index (χ4n) is 4.11. The van der Waals surface area contributed by atoms with Gasteiger partial charge in [0.15, 0.2) is 11.5 Å². The number of aliphatic hydroxyl groups excluding tert-OH is 1. The van der Waals surface area contributed by atoms with E-state index in [9.17, 15) is 18.3 Å². The third-order valence-electron chi connectivity index (χ3n) is 6.65. The Morgan fingerprint density at radius 2 is 1.67 bits per heavy atom. The number of fused-ring (bicyclic) bond motifs is 1. The Hall–Kier alpha value is -3.84. The molecule has 0 saturated carbocycles. The van der Waals surface area contributed by atoms with E-state index >= 15 is 0 Å². The summed E-state index contributed by atoms with van der Waals surface area (Å²) in [6.45, 7) is 5.55. The zero-order valence-corrected chi connectivity index (χ0v) is 24.6. The average molecular weight is 601 g/mol. The highest BCUT2D eigenvalue weighted by Gasteiger charge is 2.34. The van der Waals surface area contributed by atoms with E-state index in [2.05, 4.69) is 5.32 Å². The van der Waals surface area contributed by atoms with Crippen LogP contribution in [0.5, 0.6) is 17.2 Å². The van der Waals surface area contributed by atoms with Crippen LogP contribution in [0.2, 0.25) is 0 Å². The highest BCUT2D eigenvalue weighted by Crippen LogP contribution is 2.35. The lowest BCUT2D eigenvalue weighted by Crippen LogP contribution is -2.47. The number of benzene rings is 3. The van der Waals surface area contributed by atoms with Crippen LogP contribution in [-0.4, -0.2) is 49.3 Å². The highest BCUT2D eigenvalue weighted by molar-refractivity contribution is 7.88. The predicted octanol–water partition coefficient (Wildman–Crippen LogP) is 4.74. The Kier molecular flexibility index (Phi) is 10.6. The number of ether oxygens (including phenoxy) is 3. The van der Waals surface area contributed by atoms with Crippen molar-refractivity contribution in [1.29, 1.82) is 0 Å². The molecular formula is C30H36N2O9S. The van der Waals surface area contributed by atoms with Crippen LogP contribution < -0.4 is 19.5 Å². The second-order valence-electron chi connectivity index (χ2n) is 9.75. The smallest absolute Gasteiger partial charge is 0.429 e. The number of sulfonamides is 1. The lowest BCUT2D eigenvalue weighted by Gasteiger charge is -2.26. The molecule has 1 aliphatic rings. The van der Waals surface area contributed by atoms with Gasteiger partial charge in [-0.3, -0.25) is 0 Å². The summed E-state index contributed by atoms with van der Waals surface area (Å²) in [5.41, 5.74) is 1.85. The molecule has 42 heavy (non-hydrogen) atoms. The van der Waals surface area contributed by atoms with Crippen molar-refractivity contribution >= 4 is 16.1 Å². The molecule has 0 radical (unpaired) electrons. The van der Waals surface area contributed by atoms with Gasteiger partial charge >= 0.3 is 6.09 Å². The van der Waals surface area contributed by atoms with E-state index in [0.29, 0.717) is 30.9 Å². The maximum atomic E-state index is 13.5. The van der Waals surface area contributed by atoms with Gasteiger partial charge in [0.25, 0.3) is 10.0 Å². The first-order chi connectivity index (χ1) is 20.2. The first kappa shape index (κ1) is 31.1. The summed E-state index contributed by atoms with van der Waals surface area (Å²) in [6, 6.07) is 20.3. The number of carbonyl (C=O) groups is 1. The van der Waals surface area contributed by atoms with Gasteiger partial charge in [-0.25, -0.2) is 18.0 Å². The minimum absolute atomic E-state index is 0.0319. The topological polar surface area (TPSA) is 133 Å². The third-order valence-corrected chi connectivity index (χ3v) is 8.06. The van der Waals surface area contributed by atoms with Crippen LogP contribution in [0.4, 0.5) is 4.79 Å². The number of amides is 1. The fourth-order valence-corrected chi connectivity index (χ4v) is 5.18. The summed E-state index contributed by atoms with van der Waals surface area (Å²) < 4.78 is 43.5. The molecule has 0 fully saturated rings. The molecule has 0 spiro atoms. The van der Waals surface area contributed by atoms with E-state index in [0.717, 1.165) is 11.1 Å². The Morgan fingerprint density at radius 3 is 2.33 bits per heavy atom. The Labute approximate surface area is 245 Å². The molecule has 1 heterocycles. The van der Waals surface area contributed by atoms with E-state index in [-0.39, 0.29) is 28.5 Å². The lowest BCUT2D eigenvalue weighted by molar-refractivity contribution is -0.289. The summed E-state index contributed by atoms with van der Waals surface area (Å²) in [6.07, 6.45) is -1.46. The van der Waals surface area contributed by atoms with E-state index in [4.69, 9.17) is 23.9 Å². The quantitative estimate of drug-likeness (QED) is 0.252. The van der Waals surface area contributed by atoms with Gasteiger partial charge in [-0.1, -0.05) is 56.3 Å². The molecule has 0 saturated heterocycles. The first-order valence-electron chi connectivity index (χ1n) is 13.7. The summed E-state index contributed by atoms with van der Waals surface area (Å²) in [7, 11) is -4.46. The van der Waals surface area contributed by atoms with Crippen molar-refractivity contribution in [2.24, 2.45) is 0 Å². The van der Waals surface area contributed by atoms with Gasteiger partial charge in [0, 0.05) is 6.07 Å². The Balaban J connectivity index is 1.42. The van der Waals surface area contributed by atoms with Crippen molar-refractivity contribution in [3.05, 3.63) is 83.9 Å². The molecule has 12 heteroatoms. The van der Waals surface area contributed by atoms with Crippen LogP contribution in [0, 0.1) is 0 Å². The lowest BCUT2D eigenvalue weighted by atomic mass is 10.0. The van der Waals surface area contributed by atoms with Crippen LogP contribution in [-0.2, 0) is 32.7 Å². The molecule has 3 aromatic carbocycles. The number of hydrogen-bond acceptors (Lipinski definition) is 9. The Morgan fingerprint density at radius 1 is 0.976 bits per heavy atom. The van der Waals surface area contributed by atoms with Gasteiger partial charge in [0.2, 0.25) is 6.79 Å². The van der Waals surface area contributed by atoms with Crippen molar-refractivity contribution in [2.45, 2.75) is 69.8 Å². The molecule has 1 aliphatic heterocycles. The normalized spacial score (nSPS) is 14.0. The predicted molar refractivity (Wildman–Crippen MR) is 153 cm³/mol. The fraction of sp³-hybridized carbons (Fsp3) is 0.367. The van der Waals surface area contributed by atoms with Crippen molar-refractivity contribution in [2.75, 3.05) is 6.79 Å². The largest absolute Gasteiger partial charge is 0.489 e. The van der Waals surface area contributed by atoms with E-state index in [1.54, 1.807) is 12.1 Å². The maximum Gasteiger partial charge on any atom is 0.429 e. The number of nitrogens with zero attached hydrogens (tertiary/aromatic N) is 1. The van der Waals surface area contributed by atoms with Crippen molar-refractivity contribution < 1.29 is 42.2 Å².